The van der Waals surface area contributed by atoms with E-state index in [1.807, 2.05) is 6.92 Å². The van der Waals surface area contributed by atoms with Crippen LogP contribution in [0, 0.1) is 11.7 Å². The lowest BCUT2D eigenvalue weighted by molar-refractivity contribution is -0.141. The maximum Gasteiger partial charge on any atom is 0.434 e. The molecule has 0 radical (unpaired) electrons. The number of allylic oxidation sites excluding steroid dienone is 1. The zero-order valence-electron chi connectivity index (χ0n) is 18.6. The van der Waals surface area contributed by atoms with Crippen LogP contribution < -0.4 is 15.9 Å². The van der Waals surface area contributed by atoms with Crippen molar-refractivity contribution in [3.8, 4) is 0 Å². The standard InChI is InChI=1S/C23H21F4N7O/c1-12-8-31-34(32-12)17-5-3-4-16(24)21(17)22(35)33-15-6-14(7-15)13(2)18(33)9-29-20-11-28-19(10-30-20)23(25,26)27/h3-5,8-12,14-15,32H,2,6-7H2,1H3,(H,29,30)/b18-9+. The summed E-state index contributed by atoms with van der Waals surface area (Å²) in [7, 11) is 0. The summed E-state index contributed by atoms with van der Waals surface area (Å²) in [6, 6.07) is 4.05. The van der Waals surface area contributed by atoms with Crippen LogP contribution in [0.3, 0.4) is 0 Å². The number of benzene rings is 1. The lowest BCUT2D eigenvalue weighted by atomic mass is 9.69. The summed E-state index contributed by atoms with van der Waals surface area (Å²) in [4.78, 5) is 22.4. The minimum atomic E-state index is -4.60. The molecule has 1 aliphatic carbocycles. The number of alkyl halides is 3. The molecule has 35 heavy (non-hydrogen) atoms. The maximum absolute atomic E-state index is 15.0. The van der Waals surface area contributed by atoms with E-state index < -0.39 is 23.6 Å². The fourth-order valence-corrected chi connectivity index (χ4v) is 4.35. The minimum Gasteiger partial charge on any atom is -0.343 e. The van der Waals surface area contributed by atoms with Gasteiger partial charge >= 0.3 is 6.18 Å². The van der Waals surface area contributed by atoms with Crippen LogP contribution in [0.2, 0.25) is 0 Å². The van der Waals surface area contributed by atoms with E-state index in [0.717, 1.165) is 6.20 Å². The number of anilines is 2. The summed E-state index contributed by atoms with van der Waals surface area (Å²) >= 11 is 0. The third-order valence-electron chi connectivity index (χ3n) is 6.24. The number of carbonyl (C=O) groups excluding carboxylic acids is 1. The van der Waals surface area contributed by atoms with Crippen LogP contribution in [-0.4, -0.2) is 39.1 Å². The first-order valence-corrected chi connectivity index (χ1v) is 10.9. The van der Waals surface area contributed by atoms with E-state index >= 15 is 4.39 Å². The monoisotopic (exact) mass is 487 g/mol. The smallest absolute Gasteiger partial charge is 0.343 e. The molecule has 182 valence electrons. The molecular weight excluding hydrogens is 466 g/mol. The average Bonchev–Trinajstić information content (AvgIpc) is 3.22. The van der Waals surface area contributed by atoms with Crippen LogP contribution in [-0.2, 0) is 6.18 Å². The molecule has 2 N–H and O–H groups in total. The van der Waals surface area contributed by atoms with E-state index in [4.69, 9.17) is 0 Å². The third-order valence-corrected chi connectivity index (χ3v) is 6.24. The van der Waals surface area contributed by atoms with Crippen molar-refractivity contribution in [3.05, 3.63) is 71.7 Å². The summed E-state index contributed by atoms with van der Waals surface area (Å²) in [5.41, 5.74) is 3.13. The molecule has 1 atom stereocenters. The second-order valence-electron chi connectivity index (χ2n) is 8.61. The molecule has 2 aromatic rings. The number of halogens is 4. The number of fused-ring (bicyclic) bond motifs is 2. The van der Waals surface area contributed by atoms with Gasteiger partial charge in [0.25, 0.3) is 5.91 Å². The number of nitrogens with one attached hydrogen (secondary N) is 2. The lowest BCUT2D eigenvalue weighted by Gasteiger charge is -2.51. The number of piperidine rings is 2. The van der Waals surface area contributed by atoms with Gasteiger partial charge in [-0.25, -0.2) is 19.8 Å². The maximum atomic E-state index is 15.0. The number of amides is 1. The fraction of sp³-hybridized carbons (Fsp3) is 0.304. The van der Waals surface area contributed by atoms with Gasteiger partial charge in [-0.2, -0.15) is 23.4 Å². The Morgan fingerprint density at radius 3 is 2.66 bits per heavy atom. The highest BCUT2D eigenvalue weighted by Gasteiger charge is 2.47. The van der Waals surface area contributed by atoms with E-state index in [-0.39, 0.29) is 35.1 Å². The third kappa shape index (κ3) is 4.14. The molecule has 1 aromatic heterocycles. The van der Waals surface area contributed by atoms with Gasteiger partial charge in [0.15, 0.2) is 5.69 Å². The summed E-state index contributed by atoms with van der Waals surface area (Å²) in [6.45, 7) is 5.97. The van der Waals surface area contributed by atoms with Crippen LogP contribution in [0.5, 0.6) is 0 Å². The number of hydrazine groups is 1. The van der Waals surface area contributed by atoms with Crippen LogP contribution in [0.25, 0.3) is 0 Å². The average molecular weight is 487 g/mol. The molecule has 2 saturated heterocycles. The van der Waals surface area contributed by atoms with Gasteiger partial charge in [0.2, 0.25) is 0 Å². The number of aromatic nitrogens is 2. The molecule has 3 aliphatic heterocycles. The van der Waals surface area contributed by atoms with Crippen molar-refractivity contribution in [2.45, 2.75) is 38.0 Å². The molecule has 0 spiro atoms. The Labute approximate surface area is 198 Å². The van der Waals surface area contributed by atoms with E-state index in [1.54, 1.807) is 12.3 Å². The number of carbonyl (C=O) groups is 1. The van der Waals surface area contributed by atoms with Gasteiger partial charge < -0.3 is 10.2 Å². The summed E-state index contributed by atoms with van der Waals surface area (Å²) in [6.07, 6.45) is 1.45. The molecule has 6 rings (SSSR count). The molecule has 3 fully saturated rings. The van der Waals surface area contributed by atoms with Gasteiger partial charge in [-0.1, -0.05) is 12.6 Å². The molecule has 1 aromatic carbocycles. The molecule has 4 aliphatic rings. The van der Waals surface area contributed by atoms with Crippen LogP contribution in [0.1, 0.15) is 35.8 Å². The van der Waals surface area contributed by atoms with Crippen molar-refractivity contribution in [2.24, 2.45) is 11.0 Å². The zero-order valence-corrected chi connectivity index (χ0v) is 18.6. The molecule has 1 amide bonds. The highest BCUT2D eigenvalue weighted by Crippen LogP contribution is 2.48. The number of rotatable bonds is 4. The van der Waals surface area contributed by atoms with Crippen LogP contribution >= 0.6 is 0 Å². The van der Waals surface area contributed by atoms with Crippen molar-refractivity contribution >= 4 is 23.6 Å². The van der Waals surface area contributed by atoms with E-state index in [0.29, 0.717) is 30.3 Å². The number of hydrogen-bond donors (Lipinski definition) is 2. The Morgan fingerprint density at radius 2 is 2.03 bits per heavy atom. The van der Waals surface area contributed by atoms with E-state index in [2.05, 4.69) is 32.4 Å². The largest absolute Gasteiger partial charge is 0.434 e. The molecule has 8 nitrogen and oxygen atoms in total. The van der Waals surface area contributed by atoms with Crippen molar-refractivity contribution < 1.29 is 22.4 Å². The fourth-order valence-electron chi connectivity index (χ4n) is 4.35. The van der Waals surface area contributed by atoms with Crippen molar-refractivity contribution in [2.75, 3.05) is 10.4 Å². The number of nitrogens with zero attached hydrogens (tertiary/aromatic N) is 5. The predicted molar refractivity (Wildman–Crippen MR) is 121 cm³/mol. The van der Waals surface area contributed by atoms with Crippen molar-refractivity contribution in [1.82, 2.24) is 20.3 Å². The van der Waals surface area contributed by atoms with Gasteiger partial charge in [-0.3, -0.25) is 4.79 Å². The Kier molecular flexibility index (Phi) is 5.55. The lowest BCUT2D eigenvalue weighted by Crippen LogP contribution is -2.54. The molecule has 1 unspecified atom stereocenters. The quantitative estimate of drug-likeness (QED) is 0.633. The first kappa shape index (κ1) is 23.0. The topological polar surface area (TPSA) is 85.8 Å². The van der Waals surface area contributed by atoms with Gasteiger partial charge in [0.05, 0.1) is 29.8 Å². The Balaban J connectivity index is 1.46. The number of hydrogen-bond acceptors (Lipinski definition) is 7. The normalized spacial score (nSPS) is 24.7. The molecule has 4 heterocycles. The minimum absolute atomic E-state index is 0.0566. The van der Waals surface area contributed by atoms with Gasteiger partial charge in [-0.15, -0.1) is 0 Å². The SMILES string of the molecule is C=C1/C(=C\Nc2cnc(C(F)(F)F)cn2)N(C(=O)c2c(F)cccc2N2N=CC(C)N2)C2CC1C2. The Morgan fingerprint density at radius 1 is 1.26 bits per heavy atom. The highest BCUT2D eigenvalue weighted by molar-refractivity contribution is 6.02. The van der Waals surface area contributed by atoms with Crippen molar-refractivity contribution in [1.29, 1.82) is 0 Å². The molecule has 2 bridgehead atoms. The van der Waals surface area contributed by atoms with Gasteiger partial charge in [-0.05, 0) is 43.4 Å². The predicted octanol–water partition coefficient (Wildman–Crippen LogP) is 4.08. The summed E-state index contributed by atoms with van der Waals surface area (Å²) < 4.78 is 53.3. The zero-order chi connectivity index (χ0) is 24.9. The first-order chi connectivity index (χ1) is 16.6. The Bertz CT molecular complexity index is 1240. The second-order valence-corrected chi connectivity index (χ2v) is 8.61. The van der Waals surface area contributed by atoms with E-state index in [9.17, 15) is 18.0 Å². The first-order valence-electron chi connectivity index (χ1n) is 10.9. The molecular formula is C23H21F4N7O. The molecule has 12 heteroatoms. The molecule has 1 saturated carbocycles. The Hall–Kier alpha value is -3.80. The van der Waals surface area contributed by atoms with E-state index in [1.165, 1.54) is 28.4 Å². The van der Waals surface area contributed by atoms with Crippen molar-refractivity contribution in [3.63, 3.8) is 0 Å². The highest BCUT2D eigenvalue weighted by atomic mass is 19.4. The van der Waals surface area contributed by atoms with Crippen LogP contribution in [0.4, 0.5) is 29.1 Å². The van der Waals surface area contributed by atoms with Gasteiger partial charge in [0, 0.05) is 18.5 Å². The number of hydrazone groups is 1. The van der Waals surface area contributed by atoms with Gasteiger partial charge in [0.1, 0.15) is 17.2 Å². The summed E-state index contributed by atoms with van der Waals surface area (Å²) in [5, 5.41) is 8.36. The van der Waals surface area contributed by atoms with Crippen LogP contribution in [0.15, 0.2) is 59.7 Å². The second kappa shape index (κ2) is 8.45. The summed E-state index contributed by atoms with van der Waals surface area (Å²) in [5.74, 6) is -1.04.